The number of aliphatic imine (C=N–C) groups is 1. The molecule has 0 spiro atoms. The van der Waals surface area contributed by atoms with Gasteiger partial charge in [-0.3, -0.25) is 10.1 Å². The minimum Gasteiger partial charge on any atom is -0.295 e. The van der Waals surface area contributed by atoms with Crippen LogP contribution in [0, 0.1) is 0 Å². The topological polar surface area (TPSA) is 81.3 Å². The third-order valence-corrected chi connectivity index (χ3v) is 1.41. The van der Waals surface area contributed by atoms with Gasteiger partial charge in [0.05, 0.1) is 6.20 Å². The fraction of sp³-hybridized carbons (Fsp3) is 0.143. The van der Waals surface area contributed by atoms with Crippen LogP contribution in [0.4, 0.5) is 17.5 Å². The van der Waals surface area contributed by atoms with Gasteiger partial charge >= 0.3 is 0 Å². The maximum absolute atomic E-state index is 10.7. The van der Waals surface area contributed by atoms with E-state index < -0.39 is 0 Å². The Morgan fingerprint density at radius 2 is 2.38 bits per heavy atom. The third-order valence-electron chi connectivity index (χ3n) is 1.41. The average molecular weight is 176 g/mol. The van der Waals surface area contributed by atoms with Gasteiger partial charge in [0.15, 0.2) is 5.82 Å². The van der Waals surface area contributed by atoms with Crippen molar-refractivity contribution in [3.8, 4) is 0 Å². The molecule has 0 aromatic carbocycles. The van der Waals surface area contributed by atoms with Crippen LogP contribution >= 0.6 is 0 Å². The summed E-state index contributed by atoms with van der Waals surface area (Å²) in [6.07, 6.45) is 2.91. The van der Waals surface area contributed by atoms with Crippen molar-refractivity contribution in [2.45, 2.75) is 6.92 Å². The first-order valence-electron chi connectivity index (χ1n) is 3.64. The molecule has 1 aliphatic rings. The number of nitrogens with one attached hydrogen (secondary N) is 1. The van der Waals surface area contributed by atoms with Gasteiger partial charge < -0.3 is 0 Å². The van der Waals surface area contributed by atoms with Crippen LogP contribution in [0.1, 0.15) is 6.92 Å². The van der Waals surface area contributed by atoms with Gasteiger partial charge in [-0.25, -0.2) is 15.3 Å². The lowest BCUT2D eigenvalue weighted by Gasteiger charge is -2.00. The predicted molar refractivity (Wildman–Crippen MR) is 46.3 cm³/mol. The van der Waals surface area contributed by atoms with E-state index in [1.165, 1.54) is 19.5 Å². The molecule has 13 heavy (non-hydrogen) atoms. The molecule has 1 amide bonds. The molecular weight excluding hydrogens is 170 g/mol. The van der Waals surface area contributed by atoms with Crippen molar-refractivity contribution in [2.24, 2.45) is 4.99 Å². The molecule has 1 aromatic rings. The zero-order chi connectivity index (χ0) is 9.26. The molecule has 6 heteroatoms. The summed E-state index contributed by atoms with van der Waals surface area (Å²) in [5.41, 5.74) is 0.620. The Hall–Kier alpha value is -1.98. The van der Waals surface area contributed by atoms with E-state index in [-0.39, 0.29) is 11.9 Å². The Morgan fingerprint density at radius 3 is 3.15 bits per heavy atom. The SMILES string of the molecule is CC(=O)Nc1ncc2c(n1)[N]C=N2. The number of amides is 1. The molecule has 1 aromatic heterocycles. The number of carbonyl (C=O) groups is 1. The monoisotopic (exact) mass is 176 g/mol. The summed E-state index contributed by atoms with van der Waals surface area (Å²) in [5.74, 6) is 0.526. The maximum Gasteiger partial charge on any atom is 0.231 e. The van der Waals surface area contributed by atoms with Crippen LogP contribution in [0.3, 0.4) is 0 Å². The highest BCUT2D eigenvalue weighted by Crippen LogP contribution is 2.25. The van der Waals surface area contributed by atoms with Crippen LogP contribution < -0.4 is 10.6 Å². The number of hydrogen-bond donors (Lipinski definition) is 1. The number of nitrogens with zero attached hydrogens (tertiary/aromatic N) is 4. The van der Waals surface area contributed by atoms with Crippen LogP contribution in [0.5, 0.6) is 0 Å². The summed E-state index contributed by atoms with van der Waals surface area (Å²) in [5, 5.41) is 6.33. The zero-order valence-corrected chi connectivity index (χ0v) is 6.85. The molecule has 2 heterocycles. The normalized spacial score (nSPS) is 12.1. The molecule has 1 N–H and O–H groups in total. The Balaban J connectivity index is 2.28. The van der Waals surface area contributed by atoms with Gasteiger partial charge in [0.2, 0.25) is 11.9 Å². The molecule has 1 aliphatic heterocycles. The Labute approximate surface area is 74.1 Å². The van der Waals surface area contributed by atoms with Crippen molar-refractivity contribution in [3.63, 3.8) is 0 Å². The number of rotatable bonds is 1. The van der Waals surface area contributed by atoms with E-state index in [1.807, 2.05) is 0 Å². The van der Waals surface area contributed by atoms with E-state index in [0.717, 1.165) is 0 Å². The van der Waals surface area contributed by atoms with Crippen molar-refractivity contribution in [1.29, 1.82) is 0 Å². The van der Waals surface area contributed by atoms with Crippen LogP contribution in [-0.2, 0) is 4.79 Å². The second-order valence-corrected chi connectivity index (χ2v) is 2.46. The first kappa shape index (κ1) is 7.66. The van der Waals surface area contributed by atoms with Gasteiger partial charge in [0.25, 0.3) is 0 Å². The molecule has 0 fully saturated rings. The standard InChI is InChI=1S/C7H6N5O/c1-4(13)11-7-8-2-5-6(12-7)10-3-9-5/h2-3H,1H3,(H,8,11,12,13). The second-order valence-electron chi connectivity index (χ2n) is 2.46. The lowest BCUT2D eigenvalue weighted by molar-refractivity contribution is -0.114. The van der Waals surface area contributed by atoms with Crippen LogP contribution in [0.25, 0.3) is 0 Å². The molecule has 0 aliphatic carbocycles. The molecule has 0 bridgehead atoms. The molecule has 1 radical (unpaired) electrons. The quantitative estimate of drug-likeness (QED) is 0.670. The third kappa shape index (κ3) is 1.46. The van der Waals surface area contributed by atoms with Crippen molar-refractivity contribution >= 4 is 29.7 Å². The van der Waals surface area contributed by atoms with Gasteiger partial charge in [-0.05, 0) is 0 Å². The summed E-state index contributed by atoms with van der Waals surface area (Å²) in [4.78, 5) is 22.4. The molecule has 65 valence electrons. The second kappa shape index (κ2) is 2.81. The smallest absolute Gasteiger partial charge is 0.231 e. The number of fused-ring (bicyclic) bond motifs is 1. The predicted octanol–water partition coefficient (Wildman–Crippen LogP) is 0.344. The van der Waals surface area contributed by atoms with Crippen molar-refractivity contribution in [1.82, 2.24) is 15.3 Å². The van der Waals surface area contributed by atoms with Gasteiger partial charge in [0, 0.05) is 6.92 Å². The van der Waals surface area contributed by atoms with Gasteiger partial charge in [0.1, 0.15) is 12.0 Å². The van der Waals surface area contributed by atoms with E-state index in [9.17, 15) is 4.79 Å². The van der Waals surface area contributed by atoms with E-state index >= 15 is 0 Å². The average Bonchev–Trinajstić information content (AvgIpc) is 2.49. The minimum atomic E-state index is -0.209. The van der Waals surface area contributed by atoms with Crippen LogP contribution in [0.2, 0.25) is 0 Å². The maximum atomic E-state index is 10.7. The van der Waals surface area contributed by atoms with E-state index in [0.29, 0.717) is 11.5 Å². The summed E-state index contributed by atoms with van der Waals surface area (Å²) < 4.78 is 0. The molecule has 6 nitrogen and oxygen atoms in total. The summed E-state index contributed by atoms with van der Waals surface area (Å²) in [6, 6.07) is 0. The first-order valence-corrected chi connectivity index (χ1v) is 3.64. The number of aromatic nitrogens is 2. The van der Waals surface area contributed by atoms with Gasteiger partial charge in [-0.15, -0.1) is 0 Å². The van der Waals surface area contributed by atoms with Crippen molar-refractivity contribution in [2.75, 3.05) is 5.32 Å². The Bertz CT molecular complexity index is 386. The number of carbonyl (C=O) groups excluding carboxylic acids is 1. The number of anilines is 1. The van der Waals surface area contributed by atoms with E-state index in [1.54, 1.807) is 0 Å². The molecule has 0 saturated carbocycles. The highest BCUT2D eigenvalue weighted by molar-refractivity contribution is 5.87. The highest BCUT2D eigenvalue weighted by atomic mass is 16.1. The summed E-state index contributed by atoms with van der Waals surface area (Å²) in [7, 11) is 0. The lowest BCUT2D eigenvalue weighted by atomic mass is 10.5. The van der Waals surface area contributed by atoms with Crippen molar-refractivity contribution in [3.05, 3.63) is 6.20 Å². The molecule has 0 saturated heterocycles. The fourth-order valence-corrected chi connectivity index (χ4v) is 0.916. The zero-order valence-electron chi connectivity index (χ0n) is 6.85. The largest absolute Gasteiger partial charge is 0.295 e. The summed E-state index contributed by atoms with van der Waals surface area (Å²) >= 11 is 0. The molecule has 2 rings (SSSR count). The highest BCUT2D eigenvalue weighted by Gasteiger charge is 2.11. The first-order chi connectivity index (χ1) is 6.25. The molecule has 0 atom stereocenters. The molecular formula is C7H6N5O. The molecule has 0 unspecified atom stereocenters. The number of hydrogen-bond acceptors (Lipinski definition) is 4. The van der Waals surface area contributed by atoms with Crippen molar-refractivity contribution < 1.29 is 4.79 Å². The fourth-order valence-electron chi connectivity index (χ4n) is 0.916. The van der Waals surface area contributed by atoms with E-state index in [4.69, 9.17) is 0 Å². The lowest BCUT2D eigenvalue weighted by Crippen LogP contribution is -2.09. The Morgan fingerprint density at radius 1 is 1.54 bits per heavy atom. The minimum absolute atomic E-state index is 0.209. The van der Waals surface area contributed by atoms with Gasteiger partial charge in [-0.1, -0.05) is 0 Å². The van der Waals surface area contributed by atoms with Crippen LogP contribution in [0.15, 0.2) is 11.2 Å². The summed E-state index contributed by atoms with van der Waals surface area (Å²) in [6.45, 7) is 1.39. The van der Waals surface area contributed by atoms with Crippen LogP contribution in [-0.4, -0.2) is 22.2 Å². The van der Waals surface area contributed by atoms with E-state index in [2.05, 4.69) is 25.6 Å². The Kier molecular flexibility index (Phi) is 1.66. The van der Waals surface area contributed by atoms with Gasteiger partial charge in [-0.2, -0.15) is 4.98 Å².